The third-order valence-corrected chi connectivity index (χ3v) is 6.50. The van der Waals surface area contributed by atoms with Gasteiger partial charge in [-0.1, -0.05) is 12.2 Å². The summed E-state index contributed by atoms with van der Waals surface area (Å²) in [6, 6.07) is 0. The maximum absolute atomic E-state index is 12.6. The minimum atomic E-state index is -0.586. The van der Waals surface area contributed by atoms with Gasteiger partial charge in [0.2, 0.25) is 17.7 Å². The molecule has 136 valence electrons. The highest BCUT2D eigenvalue weighted by Gasteiger charge is 2.59. The summed E-state index contributed by atoms with van der Waals surface area (Å²) >= 11 is 0. The molecule has 2 saturated heterocycles. The van der Waals surface area contributed by atoms with Crippen LogP contribution >= 0.6 is 0 Å². The van der Waals surface area contributed by atoms with Gasteiger partial charge in [-0.05, 0) is 31.1 Å². The Hall–Kier alpha value is -1.73. The van der Waals surface area contributed by atoms with E-state index in [-0.39, 0.29) is 61.0 Å². The van der Waals surface area contributed by atoms with Gasteiger partial charge in [0, 0.05) is 32.8 Å². The van der Waals surface area contributed by atoms with Crippen molar-refractivity contribution in [2.75, 3.05) is 32.8 Å². The normalized spacial score (nSPS) is 35.3. The molecule has 4 aliphatic rings. The number of carbonyl (C=O) groups excluding carboxylic acids is 3. The van der Waals surface area contributed by atoms with Crippen LogP contribution in [-0.4, -0.2) is 55.5 Å². The van der Waals surface area contributed by atoms with Crippen LogP contribution in [0.2, 0.25) is 0 Å². The van der Waals surface area contributed by atoms with Gasteiger partial charge in [0.25, 0.3) is 0 Å². The molecular formula is C18H25N3O4. The van der Waals surface area contributed by atoms with Gasteiger partial charge < -0.3 is 15.8 Å². The van der Waals surface area contributed by atoms with Crippen LogP contribution in [0.25, 0.3) is 0 Å². The Bertz CT molecular complexity index is 596. The third-order valence-electron chi connectivity index (χ3n) is 6.50. The minimum absolute atomic E-state index is 0.0688. The molecule has 2 aliphatic carbocycles. The number of rotatable bonds is 5. The molecule has 0 aromatic carbocycles. The number of nitrogens with two attached hydrogens (primary N) is 1. The topological polar surface area (TPSA) is 102 Å². The molecular weight excluding hydrogens is 322 g/mol. The Morgan fingerprint density at radius 1 is 1.20 bits per heavy atom. The van der Waals surface area contributed by atoms with Crippen molar-refractivity contribution in [2.24, 2.45) is 34.8 Å². The second-order valence-electron chi connectivity index (χ2n) is 7.68. The smallest absolute Gasteiger partial charge is 0.233 e. The van der Waals surface area contributed by atoms with Crippen LogP contribution in [0.3, 0.4) is 0 Å². The first kappa shape index (κ1) is 16.7. The van der Waals surface area contributed by atoms with Crippen LogP contribution in [0.1, 0.15) is 19.3 Å². The maximum Gasteiger partial charge on any atom is 0.233 e. The van der Waals surface area contributed by atoms with Crippen molar-refractivity contribution in [3.05, 3.63) is 12.2 Å². The molecule has 3 amide bonds. The van der Waals surface area contributed by atoms with E-state index in [2.05, 4.69) is 17.5 Å². The molecule has 2 aliphatic heterocycles. The van der Waals surface area contributed by atoms with Gasteiger partial charge in [-0.25, -0.2) is 0 Å². The average Bonchev–Trinajstić information content (AvgIpc) is 3.31. The fraction of sp³-hybridized carbons (Fsp3) is 0.722. The molecule has 3 fully saturated rings. The van der Waals surface area contributed by atoms with Crippen LogP contribution < -0.4 is 11.1 Å². The molecule has 2 heterocycles. The zero-order valence-corrected chi connectivity index (χ0v) is 14.3. The Labute approximate surface area is 146 Å². The molecule has 1 saturated carbocycles. The highest BCUT2D eigenvalue weighted by molar-refractivity contribution is 6.06. The molecule has 0 aromatic rings. The summed E-state index contributed by atoms with van der Waals surface area (Å²) in [4.78, 5) is 39.1. The maximum atomic E-state index is 12.6. The average molecular weight is 347 g/mol. The molecule has 4 rings (SSSR count). The van der Waals surface area contributed by atoms with Crippen molar-refractivity contribution in [3.8, 4) is 0 Å². The molecule has 4 unspecified atom stereocenters. The van der Waals surface area contributed by atoms with Gasteiger partial charge in [-0.3, -0.25) is 19.3 Å². The fourth-order valence-electron chi connectivity index (χ4n) is 4.94. The van der Waals surface area contributed by atoms with E-state index in [4.69, 9.17) is 10.5 Å². The molecule has 2 bridgehead atoms. The third kappa shape index (κ3) is 2.52. The number of nitrogens with one attached hydrogen (secondary N) is 1. The number of fused-ring (bicyclic) bond motifs is 5. The Balaban J connectivity index is 1.34. The zero-order chi connectivity index (χ0) is 17.6. The molecule has 3 N–H and O–H groups in total. The number of hydrogen-bond acceptors (Lipinski definition) is 5. The van der Waals surface area contributed by atoms with E-state index >= 15 is 0 Å². The Morgan fingerprint density at radius 2 is 1.80 bits per heavy atom. The van der Waals surface area contributed by atoms with E-state index in [0.717, 1.165) is 6.42 Å². The quantitative estimate of drug-likeness (QED) is 0.524. The lowest BCUT2D eigenvalue weighted by atomic mass is 9.79. The van der Waals surface area contributed by atoms with Gasteiger partial charge in [-0.15, -0.1) is 0 Å². The van der Waals surface area contributed by atoms with Gasteiger partial charge in [0.05, 0.1) is 17.3 Å². The van der Waals surface area contributed by atoms with E-state index in [0.29, 0.717) is 26.1 Å². The first-order valence-corrected chi connectivity index (χ1v) is 9.17. The largest absolute Gasteiger partial charge is 0.381 e. The molecule has 7 heteroatoms. The number of amides is 3. The molecule has 25 heavy (non-hydrogen) atoms. The second kappa shape index (κ2) is 6.21. The number of nitrogens with zero attached hydrogens (tertiary/aromatic N) is 1. The summed E-state index contributed by atoms with van der Waals surface area (Å²) in [6.07, 6.45) is 6.31. The molecule has 4 atom stereocenters. The summed E-state index contributed by atoms with van der Waals surface area (Å²) in [5.41, 5.74) is 5.25. The highest BCUT2D eigenvalue weighted by Crippen LogP contribution is 2.52. The molecule has 7 nitrogen and oxygen atoms in total. The molecule has 0 aromatic heterocycles. The highest BCUT2D eigenvalue weighted by atomic mass is 16.5. The van der Waals surface area contributed by atoms with Crippen molar-refractivity contribution >= 4 is 17.7 Å². The van der Waals surface area contributed by atoms with E-state index < -0.39 is 5.41 Å². The summed E-state index contributed by atoms with van der Waals surface area (Å²) in [7, 11) is 0. The van der Waals surface area contributed by atoms with Crippen molar-refractivity contribution in [3.63, 3.8) is 0 Å². The van der Waals surface area contributed by atoms with Gasteiger partial charge in [-0.2, -0.15) is 0 Å². The van der Waals surface area contributed by atoms with Crippen LogP contribution in [0.5, 0.6) is 0 Å². The van der Waals surface area contributed by atoms with Crippen molar-refractivity contribution < 1.29 is 19.1 Å². The first-order valence-electron chi connectivity index (χ1n) is 9.17. The van der Waals surface area contributed by atoms with Crippen LogP contribution in [-0.2, 0) is 19.1 Å². The summed E-state index contributed by atoms with van der Waals surface area (Å²) in [5.74, 6) is -0.156. The summed E-state index contributed by atoms with van der Waals surface area (Å²) < 4.78 is 5.32. The number of ether oxygens (including phenoxy) is 1. The Morgan fingerprint density at radius 3 is 2.36 bits per heavy atom. The second-order valence-corrected chi connectivity index (χ2v) is 7.68. The van der Waals surface area contributed by atoms with Crippen LogP contribution in [0, 0.1) is 29.1 Å². The lowest BCUT2D eigenvalue weighted by Gasteiger charge is -2.34. The molecule has 0 radical (unpaired) electrons. The number of imide groups is 1. The summed E-state index contributed by atoms with van der Waals surface area (Å²) in [6.45, 7) is 1.87. The summed E-state index contributed by atoms with van der Waals surface area (Å²) in [5, 5.41) is 2.88. The van der Waals surface area contributed by atoms with Gasteiger partial charge >= 0.3 is 0 Å². The predicted molar refractivity (Wildman–Crippen MR) is 89.0 cm³/mol. The van der Waals surface area contributed by atoms with Crippen LogP contribution in [0.15, 0.2) is 12.2 Å². The standard InChI is InChI=1S/C18H25N3O4/c19-10-18(3-7-25-8-4-18)17(24)20-5-6-21-15(22)13-11-1-2-12(9-11)14(13)16(21)23/h1-2,11-14H,3-10,19H2,(H,20,24). The van der Waals surface area contributed by atoms with Crippen LogP contribution in [0.4, 0.5) is 0 Å². The number of hydrogen-bond donors (Lipinski definition) is 2. The first-order chi connectivity index (χ1) is 12.1. The molecule has 0 spiro atoms. The van der Waals surface area contributed by atoms with Crippen molar-refractivity contribution in [2.45, 2.75) is 19.3 Å². The van der Waals surface area contributed by atoms with E-state index in [1.807, 2.05) is 0 Å². The van der Waals surface area contributed by atoms with Crippen molar-refractivity contribution in [1.29, 1.82) is 0 Å². The number of likely N-dealkylation sites (tertiary alicyclic amines) is 1. The van der Waals surface area contributed by atoms with E-state index in [1.54, 1.807) is 0 Å². The number of carbonyl (C=O) groups is 3. The SMILES string of the molecule is NCC1(C(=O)NCCN2C(=O)C3C4C=CC(C4)C3C2=O)CCOCC1. The number of allylic oxidation sites excluding steroid dienone is 2. The van der Waals surface area contributed by atoms with E-state index in [9.17, 15) is 14.4 Å². The monoisotopic (exact) mass is 347 g/mol. The predicted octanol–water partition coefficient (Wildman–Crippen LogP) is -0.335. The van der Waals surface area contributed by atoms with E-state index in [1.165, 1.54) is 4.90 Å². The minimum Gasteiger partial charge on any atom is -0.381 e. The Kier molecular flexibility index (Phi) is 4.16. The van der Waals surface area contributed by atoms with Gasteiger partial charge in [0.1, 0.15) is 0 Å². The lowest BCUT2D eigenvalue weighted by molar-refractivity contribution is -0.142. The van der Waals surface area contributed by atoms with Gasteiger partial charge in [0.15, 0.2) is 0 Å². The fourth-order valence-corrected chi connectivity index (χ4v) is 4.94. The zero-order valence-electron chi connectivity index (χ0n) is 14.3. The lowest BCUT2D eigenvalue weighted by Crippen LogP contribution is -2.50. The van der Waals surface area contributed by atoms with Crippen molar-refractivity contribution in [1.82, 2.24) is 10.2 Å².